The lowest BCUT2D eigenvalue weighted by Crippen LogP contribution is -2.13. The maximum Gasteiger partial charge on any atom is 0.354 e. The molecule has 0 radical (unpaired) electrons. The molecule has 2 rings (SSSR count). The van der Waals surface area contributed by atoms with Crippen LogP contribution < -0.4 is 5.32 Å². The van der Waals surface area contributed by atoms with Crippen molar-refractivity contribution < 1.29 is 14.7 Å². The lowest BCUT2D eigenvalue weighted by atomic mass is 10.1. The highest BCUT2D eigenvalue weighted by molar-refractivity contribution is 6.04. The summed E-state index contributed by atoms with van der Waals surface area (Å²) in [4.78, 5) is 26.4. The van der Waals surface area contributed by atoms with Crippen molar-refractivity contribution in [3.63, 3.8) is 0 Å². The van der Waals surface area contributed by atoms with Gasteiger partial charge in [0.05, 0.1) is 5.56 Å². The van der Waals surface area contributed by atoms with Crippen molar-refractivity contribution >= 4 is 17.6 Å². The van der Waals surface area contributed by atoms with Gasteiger partial charge in [-0.25, -0.2) is 9.78 Å². The topological polar surface area (TPSA) is 79.3 Å². The van der Waals surface area contributed by atoms with E-state index in [4.69, 9.17) is 5.11 Å². The first kappa shape index (κ1) is 13.7. The molecular weight excluding hydrogens is 256 g/mol. The number of carbonyl (C=O) groups is 2. The van der Waals surface area contributed by atoms with Crippen LogP contribution in [0, 0.1) is 13.8 Å². The van der Waals surface area contributed by atoms with Gasteiger partial charge in [0.1, 0.15) is 5.69 Å². The number of carboxylic acid groups (broad SMARTS) is 1. The van der Waals surface area contributed by atoms with Crippen molar-refractivity contribution in [3.05, 3.63) is 58.9 Å². The summed E-state index contributed by atoms with van der Waals surface area (Å²) in [6.07, 6.45) is 1.25. The zero-order chi connectivity index (χ0) is 14.7. The van der Waals surface area contributed by atoms with Crippen LogP contribution in [0.3, 0.4) is 0 Å². The summed E-state index contributed by atoms with van der Waals surface area (Å²) in [5.41, 5.74) is 3.15. The third-order valence-corrected chi connectivity index (χ3v) is 3.01. The number of benzene rings is 1. The number of aryl methyl sites for hydroxylation is 2. The Morgan fingerprint density at radius 1 is 1.10 bits per heavy atom. The minimum Gasteiger partial charge on any atom is -0.477 e. The van der Waals surface area contributed by atoms with Gasteiger partial charge in [-0.1, -0.05) is 6.07 Å². The highest BCUT2D eigenvalue weighted by Crippen LogP contribution is 2.15. The third kappa shape index (κ3) is 3.00. The van der Waals surface area contributed by atoms with Crippen molar-refractivity contribution in [3.8, 4) is 0 Å². The van der Waals surface area contributed by atoms with Gasteiger partial charge in [-0.15, -0.1) is 0 Å². The standard InChI is InChI=1S/C15H14N2O3/c1-9-3-5-12(7-10(9)2)17-14(18)11-4-6-13(15(19)20)16-8-11/h3-8H,1-2H3,(H,17,18)(H,19,20). The van der Waals surface area contributed by atoms with Crippen LogP contribution in [0.1, 0.15) is 32.0 Å². The van der Waals surface area contributed by atoms with Gasteiger partial charge in [0.15, 0.2) is 0 Å². The predicted octanol–water partition coefficient (Wildman–Crippen LogP) is 2.65. The van der Waals surface area contributed by atoms with Gasteiger partial charge in [0.2, 0.25) is 0 Å². The second-order valence-electron chi connectivity index (χ2n) is 4.49. The van der Waals surface area contributed by atoms with E-state index in [0.29, 0.717) is 11.3 Å². The highest BCUT2D eigenvalue weighted by atomic mass is 16.4. The Kier molecular flexibility index (Phi) is 3.79. The monoisotopic (exact) mass is 270 g/mol. The summed E-state index contributed by atoms with van der Waals surface area (Å²) in [7, 11) is 0. The maximum atomic E-state index is 12.0. The molecule has 5 heteroatoms. The number of rotatable bonds is 3. The number of anilines is 1. The molecule has 0 aliphatic carbocycles. The van der Waals surface area contributed by atoms with E-state index in [-0.39, 0.29) is 11.6 Å². The number of amides is 1. The van der Waals surface area contributed by atoms with Gasteiger partial charge >= 0.3 is 5.97 Å². The molecule has 0 atom stereocenters. The molecule has 0 spiro atoms. The van der Waals surface area contributed by atoms with Gasteiger partial charge in [-0.05, 0) is 49.2 Å². The summed E-state index contributed by atoms with van der Waals surface area (Å²) in [6.45, 7) is 3.96. The summed E-state index contributed by atoms with van der Waals surface area (Å²) in [5, 5.41) is 11.5. The largest absolute Gasteiger partial charge is 0.477 e. The predicted molar refractivity (Wildman–Crippen MR) is 75.1 cm³/mol. The minimum atomic E-state index is -1.12. The van der Waals surface area contributed by atoms with Gasteiger partial charge in [0, 0.05) is 11.9 Å². The molecular formula is C15H14N2O3. The molecule has 1 aromatic carbocycles. The van der Waals surface area contributed by atoms with Gasteiger partial charge in [0.25, 0.3) is 5.91 Å². The average molecular weight is 270 g/mol. The van der Waals surface area contributed by atoms with Crippen molar-refractivity contribution in [2.45, 2.75) is 13.8 Å². The number of nitrogens with zero attached hydrogens (tertiary/aromatic N) is 1. The summed E-state index contributed by atoms with van der Waals surface area (Å²) >= 11 is 0. The number of carboxylic acids is 1. The van der Waals surface area contributed by atoms with Crippen molar-refractivity contribution in [1.29, 1.82) is 0 Å². The first-order valence-electron chi connectivity index (χ1n) is 6.05. The first-order valence-corrected chi connectivity index (χ1v) is 6.05. The lowest BCUT2D eigenvalue weighted by molar-refractivity contribution is 0.0690. The van der Waals surface area contributed by atoms with Crippen LogP contribution in [0.15, 0.2) is 36.5 Å². The molecule has 0 saturated carbocycles. The van der Waals surface area contributed by atoms with E-state index in [2.05, 4.69) is 10.3 Å². The van der Waals surface area contributed by atoms with Crippen LogP contribution in [-0.2, 0) is 0 Å². The highest BCUT2D eigenvalue weighted by Gasteiger charge is 2.09. The SMILES string of the molecule is Cc1ccc(NC(=O)c2ccc(C(=O)O)nc2)cc1C. The van der Waals surface area contributed by atoms with E-state index in [0.717, 1.165) is 11.1 Å². The summed E-state index contributed by atoms with van der Waals surface area (Å²) in [5.74, 6) is -1.44. The quantitative estimate of drug-likeness (QED) is 0.898. The van der Waals surface area contributed by atoms with E-state index < -0.39 is 5.97 Å². The number of pyridine rings is 1. The molecule has 0 aliphatic rings. The minimum absolute atomic E-state index is 0.0901. The third-order valence-electron chi connectivity index (χ3n) is 3.01. The van der Waals surface area contributed by atoms with E-state index in [1.165, 1.54) is 18.3 Å². The molecule has 1 amide bonds. The van der Waals surface area contributed by atoms with Crippen LogP contribution in [0.5, 0.6) is 0 Å². The van der Waals surface area contributed by atoms with Crippen LogP contribution in [0.4, 0.5) is 5.69 Å². The van der Waals surface area contributed by atoms with Gasteiger partial charge < -0.3 is 10.4 Å². The van der Waals surface area contributed by atoms with Crippen molar-refractivity contribution in [2.24, 2.45) is 0 Å². The van der Waals surface area contributed by atoms with E-state index in [1.807, 2.05) is 32.0 Å². The number of hydrogen-bond donors (Lipinski definition) is 2. The molecule has 5 nitrogen and oxygen atoms in total. The zero-order valence-electron chi connectivity index (χ0n) is 11.2. The molecule has 0 aliphatic heterocycles. The molecule has 102 valence electrons. The molecule has 0 bridgehead atoms. The van der Waals surface area contributed by atoms with Crippen molar-refractivity contribution in [1.82, 2.24) is 4.98 Å². The molecule has 0 unspecified atom stereocenters. The molecule has 2 N–H and O–H groups in total. The maximum absolute atomic E-state index is 12.0. The number of aromatic nitrogens is 1. The van der Waals surface area contributed by atoms with E-state index in [1.54, 1.807) is 0 Å². The molecule has 0 saturated heterocycles. The molecule has 2 aromatic rings. The Morgan fingerprint density at radius 2 is 1.85 bits per heavy atom. The molecule has 0 fully saturated rings. The molecule has 1 heterocycles. The van der Waals surface area contributed by atoms with Crippen LogP contribution in [0.25, 0.3) is 0 Å². The van der Waals surface area contributed by atoms with Crippen LogP contribution in [0.2, 0.25) is 0 Å². The van der Waals surface area contributed by atoms with E-state index >= 15 is 0 Å². The van der Waals surface area contributed by atoms with Crippen molar-refractivity contribution in [2.75, 3.05) is 5.32 Å². The number of hydrogen-bond acceptors (Lipinski definition) is 3. The lowest BCUT2D eigenvalue weighted by Gasteiger charge is -2.07. The second kappa shape index (κ2) is 5.52. The Balaban J connectivity index is 2.15. The summed E-state index contributed by atoms with van der Waals surface area (Å²) in [6, 6.07) is 8.37. The fourth-order valence-corrected chi connectivity index (χ4v) is 1.68. The normalized spacial score (nSPS) is 10.1. The number of nitrogens with one attached hydrogen (secondary N) is 1. The Hall–Kier alpha value is -2.69. The average Bonchev–Trinajstić information content (AvgIpc) is 2.43. The Labute approximate surface area is 116 Å². The first-order chi connectivity index (χ1) is 9.47. The smallest absolute Gasteiger partial charge is 0.354 e. The van der Waals surface area contributed by atoms with Gasteiger partial charge in [-0.2, -0.15) is 0 Å². The number of aromatic carboxylic acids is 1. The fourth-order valence-electron chi connectivity index (χ4n) is 1.68. The van der Waals surface area contributed by atoms with Crippen LogP contribution in [-0.4, -0.2) is 22.0 Å². The summed E-state index contributed by atoms with van der Waals surface area (Å²) < 4.78 is 0. The second-order valence-corrected chi connectivity index (χ2v) is 4.49. The Morgan fingerprint density at radius 3 is 2.40 bits per heavy atom. The molecule has 1 aromatic heterocycles. The van der Waals surface area contributed by atoms with Gasteiger partial charge in [-0.3, -0.25) is 4.79 Å². The van der Waals surface area contributed by atoms with Crippen LogP contribution >= 0.6 is 0 Å². The number of carbonyl (C=O) groups excluding carboxylic acids is 1. The molecule has 20 heavy (non-hydrogen) atoms. The van der Waals surface area contributed by atoms with E-state index in [9.17, 15) is 9.59 Å². The Bertz CT molecular complexity index is 663. The zero-order valence-corrected chi connectivity index (χ0v) is 11.2. The fraction of sp³-hybridized carbons (Fsp3) is 0.133.